The summed E-state index contributed by atoms with van der Waals surface area (Å²) in [6, 6.07) is 1.20. The largest absolute Gasteiger partial charge is 0.310 e. The molecule has 2 aliphatic rings. The molecule has 0 spiro atoms. The zero-order valence-electron chi connectivity index (χ0n) is 6.26. The van der Waals surface area contributed by atoms with Gasteiger partial charge in [-0.1, -0.05) is 0 Å². The Hall–Kier alpha value is -0.370. The van der Waals surface area contributed by atoms with Crippen LogP contribution in [0.3, 0.4) is 0 Å². The van der Waals surface area contributed by atoms with E-state index in [4.69, 9.17) is 0 Å². The number of hydrogen-bond donors (Lipinski definition) is 1. The zero-order chi connectivity index (χ0) is 7.14. The Bertz CT molecular complexity index is 167. The lowest BCUT2D eigenvalue weighted by Crippen LogP contribution is -2.26. The molecule has 2 fully saturated rings. The second-order valence-corrected chi connectivity index (χ2v) is 3.50. The highest BCUT2D eigenvalue weighted by molar-refractivity contribution is 5.79. The first-order valence-electron chi connectivity index (χ1n) is 4.04. The summed E-state index contributed by atoms with van der Waals surface area (Å²) in [6.45, 7) is 1.72. The molecule has 0 aromatic carbocycles. The predicted molar refractivity (Wildman–Crippen MR) is 38.7 cm³/mol. The number of Topliss-reactive ketones (excluding diaryl/α,β-unsaturated/α-hetero) is 1. The summed E-state index contributed by atoms with van der Waals surface area (Å²) >= 11 is 0. The van der Waals surface area contributed by atoms with Crippen molar-refractivity contribution in [2.75, 3.05) is 0 Å². The zero-order valence-corrected chi connectivity index (χ0v) is 6.26. The summed E-state index contributed by atoms with van der Waals surface area (Å²) in [6.07, 6.45) is 3.60. The molecule has 2 nitrogen and oxygen atoms in total. The summed E-state index contributed by atoms with van der Waals surface area (Å²) < 4.78 is 0. The van der Waals surface area contributed by atoms with E-state index in [-0.39, 0.29) is 0 Å². The minimum absolute atomic E-state index is 0.346. The van der Waals surface area contributed by atoms with Gasteiger partial charge in [0.1, 0.15) is 5.78 Å². The van der Waals surface area contributed by atoms with Crippen molar-refractivity contribution in [1.29, 1.82) is 0 Å². The minimum atomic E-state index is 0.346. The van der Waals surface area contributed by atoms with Crippen molar-refractivity contribution in [1.82, 2.24) is 5.32 Å². The molecule has 0 aromatic heterocycles. The van der Waals surface area contributed by atoms with E-state index in [1.807, 2.05) is 0 Å². The Morgan fingerprint density at radius 1 is 1.50 bits per heavy atom. The van der Waals surface area contributed by atoms with Crippen LogP contribution in [-0.2, 0) is 4.79 Å². The number of carbonyl (C=O) groups is 1. The molecule has 56 valence electrons. The van der Waals surface area contributed by atoms with Crippen LogP contribution in [0.2, 0.25) is 0 Å². The number of nitrogens with one attached hydrogen (secondary N) is 1. The Balaban J connectivity index is 2.08. The molecule has 2 rings (SSSR count). The fourth-order valence-corrected chi connectivity index (χ4v) is 2.27. The maximum absolute atomic E-state index is 11.0. The van der Waals surface area contributed by atoms with Crippen LogP contribution >= 0.6 is 0 Å². The smallest absolute Gasteiger partial charge is 0.134 e. The Morgan fingerprint density at radius 3 is 2.60 bits per heavy atom. The average Bonchev–Trinajstić information content (AvgIpc) is 2.44. The molecule has 0 saturated carbocycles. The predicted octanol–water partition coefficient (Wildman–Crippen LogP) is 0.716. The van der Waals surface area contributed by atoms with Crippen LogP contribution in [0, 0.1) is 5.92 Å². The van der Waals surface area contributed by atoms with Crippen LogP contribution in [0.4, 0.5) is 0 Å². The van der Waals surface area contributed by atoms with Gasteiger partial charge in [0, 0.05) is 18.0 Å². The third kappa shape index (κ3) is 0.788. The summed E-state index contributed by atoms with van der Waals surface area (Å²) in [7, 11) is 0. The molecule has 3 unspecified atom stereocenters. The van der Waals surface area contributed by atoms with E-state index in [1.54, 1.807) is 6.92 Å². The summed E-state index contributed by atoms with van der Waals surface area (Å²) in [5, 5.41) is 3.44. The SMILES string of the molecule is CC(=O)C1CC2CCC1N2. The van der Waals surface area contributed by atoms with Gasteiger partial charge in [0.25, 0.3) is 0 Å². The topological polar surface area (TPSA) is 29.1 Å². The molecule has 2 heterocycles. The fraction of sp³-hybridized carbons (Fsp3) is 0.875. The van der Waals surface area contributed by atoms with Gasteiger partial charge in [-0.15, -0.1) is 0 Å². The summed E-state index contributed by atoms with van der Waals surface area (Å²) in [4.78, 5) is 11.0. The van der Waals surface area contributed by atoms with Gasteiger partial charge in [0.05, 0.1) is 0 Å². The fourth-order valence-electron chi connectivity index (χ4n) is 2.27. The number of rotatable bonds is 1. The first-order valence-corrected chi connectivity index (χ1v) is 4.04. The van der Waals surface area contributed by atoms with Gasteiger partial charge in [-0.25, -0.2) is 0 Å². The third-order valence-electron chi connectivity index (χ3n) is 2.82. The number of ketones is 1. The van der Waals surface area contributed by atoms with Crippen LogP contribution in [0.5, 0.6) is 0 Å². The summed E-state index contributed by atoms with van der Waals surface area (Å²) in [5.74, 6) is 0.721. The van der Waals surface area contributed by atoms with Gasteiger partial charge >= 0.3 is 0 Å². The molecule has 0 amide bonds. The molecule has 10 heavy (non-hydrogen) atoms. The highest BCUT2D eigenvalue weighted by atomic mass is 16.1. The van der Waals surface area contributed by atoms with E-state index in [1.165, 1.54) is 12.8 Å². The van der Waals surface area contributed by atoms with Crippen molar-refractivity contribution in [2.45, 2.75) is 38.3 Å². The molecular weight excluding hydrogens is 126 g/mol. The Morgan fingerprint density at radius 2 is 2.30 bits per heavy atom. The van der Waals surface area contributed by atoms with E-state index < -0.39 is 0 Å². The number of hydrogen-bond acceptors (Lipinski definition) is 2. The molecule has 2 aliphatic heterocycles. The molecular formula is C8H13NO. The van der Waals surface area contributed by atoms with Crippen LogP contribution in [-0.4, -0.2) is 17.9 Å². The molecule has 2 heteroatoms. The highest BCUT2D eigenvalue weighted by Gasteiger charge is 2.40. The molecule has 3 atom stereocenters. The van der Waals surface area contributed by atoms with Crippen LogP contribution in [0.15, 0.2) is 0 Å². The van der Waals surface area contributed by atoms with Gasteiger partial charge in [-0.2, -0.15) is 0 Å². The van der Waals surface area contributed by atoms with Crippen molar-refractivity contribution in [2.24, 2.45) is 5.92 Å². The van der Waals surface area contributed by atoms with Crippen LogP contribution in [0.1, 0.15) is 26.2 Å². The molecule has 0 radical (unpaired) electrons. The standard InChI is InChI=1S/C8H13NO/c1-5(10)7-4-6-2-3-8(7)9-6/h6-9H,2-4H2,1H3. The first-order chi connectivity index (χ1) is 4.77. The second kappa shape index (κ2) is 2.06. The number of fused-ring (bicyclic) bond motifs is 2. The van der Waals surface area contributed by atoms with E-state index in [2.05, 4.69) is 5.32 Å². The van der Waals surface area contributed by atoms with Gasteiger partial charge < -0.3 is 5.32 Å². The average molecular weight is 139 g/mol. The lowest BCUT2D eigenvalue weighted by atomic mass is 9.87. The quantitative estimate of drug-likeness (QED) is 0.580. The summed E-state index contributed by atoms with van der Waals surface area (Å²) in [5.41, 5.74) is 0. The molecule has 0 aliphatic carbocycles. The van der Waals surface area contributed by atoms with Crippen LogP contribution < -0.4 is 5.32 Å². The van der Waals surface area contributed by atoms with Crippen molar-refractivity contribution in [3.8, 4) is 0 Å². The highest BCUT2D eigenvalue weighted by Crippen LogP contribution is 2.33. The molecule has 2 saturated heterocycles. The second-order valence-electron chi connectivity index (χ2n) is 3.50. The van der Waals surface area contributed by atoms with E-state index >= 15 is 0 Å². The van der Waals surface area contributed by atoms with Gasteiger partial charge in [0.2, 0.25) is 0 Å². The van der Waals surface area contributed by atoms with Gasteiger partial charge in [0.15, 0.2) is 0 Å². The monoisotopic (exact) mass is 139 g/mol. The van der Waals surface area contributed by atoms with Crippen molar-refractivity contribution < 1.29 is 4.79 Å². The van der Waals surface area contributed by atoms with E-state index in [0.29, 0.717) is 23.8 Å². The van der Waals surface area contributed by atoms with Crippen molar-refractivity contribution in [3.63, 3.8) is 0 Å². The minimum Gasteiger partial charge on any atom is -0.310 e. The van der Waals surface area contributed by atoms with Crippen LogP contribution in [0.25, 0.3) is 0 Å². The van der Waals surface area contributed by atoms with Gasteiger partial charge in [-0.3, -0.25) is 4.79 Å². The normalized spacial score (nSPS) is 44.3. The lowest BCUT2D eigenvalue weighted by molar-refractivity contribution is -0.121. The van der Waals surface area contributed by atoms with Gasteiger partial charge in [-0.05, 0) is 26.2 Å². The maximum atomic E-state index is 11.0. The Kier molecular flexibility index (Phi) is 1.31. The van der Waals surface area contributed by atoms with Crippen molar-refractivity contribution in [3.05, 3.63) is 0 Å². The van der Waals surface area contributed by atoms with E-state index in [0.717, 1.165) is 6.42 Å². The third-order valence-corrected chi connectivity index (χ3v) is 2.82. The molecule has 0 aromatic rings. The van der Waals surface area contributed by atoms with Crippen molar-refractivity contribution >= 4 is 5.78 Å². The molecule has 2 bridgehead atoms. The number of carbonyl (C=O) groups excluding carboxylic acids is 1. The Labute approximate surface area is 61.0 Å². The van der Waals surface area contributed by atoms with E-state index in [9.17, 15) is 4.79 Å². The first kappa shape index (κ1) is 6.35. The lowest BCUT2D eigenvalue weighted by Gasteiger charge is -2.15. The molecule has 1 N–H and O–H groups in total. The maximum Gasteiger partial charge on any atom is 0.134 e.